The highest BCUT2D eigenvalue weighted by Crippen LogP contribution is 2.12. The van der Waals surface area contributed by atoms with Gasteiger partial charge in [0, 0.05) is 6.20 Å². The second kappa shape index (κ2) is 2.36. The van der Waals surface area contributed by atoms with Crippen molar-refractivity contribution in [2.75, 3.05) is 0 Å². The van der Waals surface area contributed by atoms with Gasteiger partial charge in [0.2, 0.25) is 5.78 Å². The molecule has 0 atom stereocenters. The highest BCUT2D eigenvalue weighted by atomic mass is 35.5. The van der Waals surface area contributed by atoms with Crippen LogP contribution in [0.15, 0.2) is 18.5 Å². The first-order valence-corrected chi connectivity index (χ1v) is 3.68. The molecule has 0 N–H and O–H groups in total. The Balaban J connectivity index is 2.86. The van der Waals surface area contributed by atoms with Crippen molar-refractivity contribution in [2.45, 2.75) is 0 Å². The first-order chi connectivity index (χ1) is 5.27. The summed E-state index contributed by atoms with van der Waals surface area (Å²) >= 11 is 11.4. The molecule has 0 spiro atoms. The van der Waals surface area contributed by atoms with Gasteiger partial charge < -0.3 is 0 Å². The number of hydrogen-bond acceptors (Lipinski definition) is 2. The molecular formula is C6H3Cl2N3. The summed E-state index contributed by atoms with van der Waals surface area (Å²) < 4.78 is 1.65. The Morgan fingerprint density at radius 1 is 1.36 bits per heavy atom. The highest BCUT2D eigenvalue weighted by molar-refractivity contribution is 6.30. The zero-order chi connectivity index (χ0) is 7.84. The minimum absolute atomic E-state index is 0.416. The van der Waals surface area contributed by atoms with E-state index in [2.05, 4.69) is 9.97 Å². The van der Waals surface area contributed by atoms with E-state index in [0.29, 0.717) is 16.1 Å². The van der Waals surface area contributed by atoms with Gasteiger partial charge in [-0.15, -0.1) is 0 Å². The molecule has 0 unspecified atom stereocenters. The van der Waals surface area contributed by atoms with Gasteiger partial charge in [-0.2, -0.15) is 0 Å². The van der Waals surface area contributed by atoms with Gasteiger partial charge in [-0.25, -0.2) is 9.97 Å². The van der Waals surface area contributed by atoms with E-state index in [0.717, 1.165) is 0 Å². The monoisotopic (exact) mass is 187 g/mol. The van der Waals surface area contributed by atoms with E-state index in [-0.39, 0.29) is 0 Å². The predicted octanol–water partition coefficient (Wildman–Crippen LogP) is 2.04. The number of rotatable bonds is 0. The van der Waals surface area contributed by atoms with E-state index in [1.807, 2.05) is 0 Å². The molecule has 0 aliphatic heterocycles. The third-order valence-corrected chi connectivity index (χ3v) is 1.79. The zero-order valence-corrected chi connectivity index (χ0v) is 6.84. The molecule has 0 aromatic carbocycles. The van der Waals surface area contributed by atoms with Crippen molar-refractivity contribution in [1.82, 2.24) is 14.4 Å². The van der Waals surface area contributed by atoms with E-state index in [1.54, 1.807) is 16.7 Å². The van der Waals surface area contributed by atoms with E-state index >= 15 is 0 Å². The molecule has 2 rings (SSSR count). The van der Waals surface area contributed by atoms with Crippen LogP contribution < -0.4 is 0 Å². The van der Waals surface area contributed by atoms with Crippen LogP contribution in [0.25, 0.3) is 5.78 Å². The zero-order valence-electron chi connectivity index (χ0n) is 5.33. The normalized spacial score (nSPS) is 10.7. The lowest BCUT2D eigenvalue weighted by Crippen LogP contribution is -1.87. The van der Waals surface area contributed by atoms with E-state index in [9.17, 15) is 0 Å². The molecule has 0 aliphatic rings. The molecule has 0 saturated heterocycles. The van der Waals surface area contributed by atoms with Crippen LogP contribution in [0.2, 0.25) is 10.3 Å². The molecule has 0 fully saturated rings. The molecule has 0 aliphatic carbocycles. The number of nitrogens with zero attached hydrogens (tertiary/aromatic N) is 3. The van der Waals surface area contributed by atoms with Crippen LogP contribution in [0.5, 0.6) is 0 Å². The molecule has 56 valence electrons. The maximum absolute atomic E-state index is 5.74. The molecule has 0 amide bonds. The first-order valence-electron chi connectivity index (χ1n) is 2.92. The van der Waals surface area contributed by atoms with Crippen LogP contribution in [0.1, 0.15) is 0 Å². The fraction of sp³-hybridized carbons (Fsp3) is 0. The number of aromatic nitrogens is 3. The lowest BCUT2D eigenvalue weighted by atomic mass is 10.7. The standard InChI is InChI=1S/C6H3Cl2N3/c7-4-1-2-11-5(8)3-9-6(11)10-4/h1-3H. The summed E-state index contributed by atoms with van der Waals surface area (Å²) in [6, 6.07) is 1.65. The second-order valence-corrected chi connectivity index (χ2v) is 2.78. The third kappa shape index (κ3) is 1.06. The summed E-state index contributed by atoms with van der Waals surface area (Å²) in [6.45, 7) is 0. The Labute approximate surface area is 72.6 Å². The number of imidazole rings is 1. The maximum Gasteiger partial charge on any atom is 0.236 e. The van der Waals surface area contributed by atoms with Crippen LogP contribution in [-0.4, -0.2) is 14.4 Å². The smallest absolute Gasteiger partial charge is 0.236 e. The van der Waals surface area contributed by atoms with Crippen LogP contribution >= 0.6 is 23.2 Å². The van der Waals surface area contributed by atoms with Gasteiger partial charge in [0.15, 0.2) is 0 Å². The van der Waals surface area contributed by atoms with Crippen LogP contribution in [0.4, 0.5) is 0 Å². The first kappa shape index (κ1) is 6.88. The van der Waals surface area contributed by atoms with E-state index in [4.69, 9.17) is 23.2 Å². The van der Waals surface area contributed by atoms with Crippen LogP contribution in [-0.2, 0) is 0 Å². The lowest BCUT2D eigenvalue weighted by molar-refractivity contribution is 1.11. The van der Waals surface area contributed by atoms with Gasteiger partial charge in [0.25, 0.3) is 0 Å². The van der Waals surface area contributed by atoms with Crippen LogP contribution in [0, 0.1) is 0 Å². The Hall–Kier alpha value is -0.800. The minimum atomic E-state index is 0.416. The summed E-state index contributed by atoms with van der Waals surface area (Å²) in [6.07, 6.45) is 3.25. The second-order valence-electron chi connectivity index (χ2n) is 2.00. The summed E-state index contributed by atoms with van der Waals surface area (Å²) in [5, 5.41) is 0.948. The van der Waals surface area contributed by atoms with Crippen molar-refractivity contribution < 1.29 is 0 Å². The summed E-state index contributed by atoms with van der Waals surface area (Å²) in [5.41, 5.74) is 0. The maximum atomic E-state index is 5.74. The summed E-state index contributed by atoms with van der Waals surface area (Å²) in [5.74, 6) is 0.516. The Morgan fingerprint density at radius 3 is 3.00 bits per heavy atom. The van der Waals surface area contributed by atoms with Crippen molar-refractivity contribution in [2.24, 2.45) is 0 Å². The van der Waals surface area contributed by atoms with Crippen LogP contribution in [0.3, 0.4) is 0 Å². The fourth-order valence-corrected chi connectivity index (χ4v) is 1.13. The van der Waals surface area contributed by atoms with Crippen molar-refractivity contribution in [3.63, 3.8) is 0 Å². The molecule has 5 heteroatoms. The van der Waals surface area contributed by atoms with Crippen molar-refractivity contribution >= 4 is 29.0 Å². The number of fused-ring (bicyclic) bond motifs is 1. The van der Waals surface area contributed by atoms with Gasteiger partial charge >= 0.3 is 0 Å². The van der Waals surface area contributed by atoms with Crippen molar-refractivity contribution in [1.29, 1.82) is 0 Å². The molecule has 0 saturated carbocycles. The van der Waals surface area contributed by atoms with E-state index in [1.165, 1.54) is 6.20 Å². The number of halogens is 2. The average molecular weight is 188 g/mol. The van der Waals surface area contributed by atoms with Gasteiger partial charge in [0.1, 0.15) is 10.3 Å². The Kier molecular flexibility index (Phi) is 1.47. The molecule has 2 heterocycles. The number of hydrogen-bond donors (Lipinski definition) is 0. The highest BCUT2D eigenvalue weighted by Gasteiger charge is 2.00. The fourth-order valence-electron chi connectivity index (χ4n) is 0.820. The van der Waals surface area contributed by atoms with Gasteiger partial charge in [-0.3, -0.25) is 4.40 Å². The van der Waals surface area contributed by atoms with E-state index < -0.39 is 0 Å². The van der Waals surface area contributed by atoms with Crippen molar-refractivity contribution in [3.8, 4) is 0 Å². The largest absolute Gasteiger partial charge is 0.274 e. The van der Waals surface area contributed by atoms with Crippen molar-refractivity contribution in [3.05, 3.63) is 28.8 Å². The molecule has 11 heavy (non-hydrogen) atoms. The molecule has 3 nitrogen and oxygen atoms in total. The lowest BCUT2D eigenvalue weighted by Gasteiger charge is -1.92. The SMILES string of the molecule is Clc1ccn2c(Cl)cnc2n1. The van der Waals surface area contributed by atoms with Gasteiger partial charge in [-0.05, 0) is 6.07 Å². The topological polar surface area (TPSA) is 30.2 Å². The predicted molar refractivity (Wildman–Crippen MR) is 43.0 cm³/mol. The molecule has 2 aromatic rings. The molecule has 0 radical (unpaired) electrons. The Bertz CT molecular complexity index is 396. The molecular weight excluding hydrogens is 185 g/mol. The Morgan fingerprint density at radius 2 is 2.18 bits per heavy atom. The van der Waals surface area contributed by atoms with Gasteiger partial charge in [-0.1, -0.05) is 23.2 Å². The molecule has 0 bridgehead atoms. The summed E-state index contributed by atoms with van der Waals surface area (Å²) in [7, 11) is 0. The van der Waals surface area contributed by atoms with Gasteiger partial charge in [0.05, 0.1) is 6.20 Å². The minimum Gasteiger partial charge on any atom is -0.274 e. The third-order valence-electron chi connectivity index (χ3n) is 1.30. The molecule has 2 aromatic heterocycles. The average Bonchev–Trinajstić information content (AvgIpc) is 2.32. The summed E-state index contributed by atoms with van der Waals surface area (Å²) in [4.78, 5) is 7.84. The quantitative estimate of drug-likeness (QED) is 0.592.